The minimum absolute atomic E-state index is 0.624. The van der Waals surface area contributed by atoms with Gasteiger partial charge in [0.1, 0.15) is 5.82 Å². The third-order valence-corrected chi connectivity index (χ3v) is 2.85. The van der Waals surface area contributed by atoms with Gasteiger partial charge in [-0.05, 0) is 6.07 Å². The van der Waals surface area contributed by atoms with Crippen molar-refractivity contribution < 1.29 is 0 Å². The van der Waals surface area contributed by atoms with Gasteiger partial charge in [-0.1, -0.05) is 0 Å². The fourth-order valence-electron chi connectivity index (χ4n) is 1.25. The van der Waals surface area contributed by atoms with Crippen LogP contribution in [-0.4, -0.2) is 28.5 Å². The van der Waals surface area contributed by atoms with Crippen LogP contribution in [0.1, 0.15) is 5.01 Å². The molecular formula is C10H13N5S. The highest BCUT2D eigenvalue weighted by atomic mass is 32.1. The Labute approximate surface area is 98.0 Å². The van der Waals surface area contributed by atoms with Crippen molar-refractivity contribution in [2.24, 2.45) is 0 Å². The van der Waals surface area contributed by atoms with E-state index >= 15 is 0 Å². The van der Waals surface area contributed by atoms with Crippen molar-refractivity contribution >= 4 is 23.1 Å². The molecule has 0 aliphatic carbocycles. The third kappa shape index (κ3) is 2.90. The number of aromatic nitrogens is 3. The predicted molar refractivity (Wildman–Crippen MR) is 65.9 cm³/mol. The van der Waals surface area contributed by atoms with E-state index in [-0.39, 0.29) is 0 Å². The molecule has 0 aliphatic heterocycles. The van der Waals surface area contributed by atoms with Gasteiger partial charge in [-0.3, -0.25) is 0 Å². The van der Waals surface area contributed by atoms with Gasteiger partial charge in [-0.25, -0.2) is 9.97 Å². The number of nitrogens with zero attached hydrogens (tertiary/aromatic N) is 3. The Morgan fingerprint density at radius 3 is 3.00 bits per heavy atom. The maximum Gasteiger partial charge on any atom is 0.224 e. The van der Waals surface area contributed by atoms with Crippen molar-refractivity contribution in [2.45, 2.75) is 6.42 Å². The maximum absolute atomic E-state index is 4.26. The summed E-state index contributed by atoms with van der Waals surface area (Å²) in [5, 5.41) is 9.25. The second kappa shape index (κ2) is 5.41. The molecule has 0 atom stereocenters. The molecule has 0 radical (unpaired) electrons. The minimum atomic E-state index is 0.624. The average Bonchev–Trinajstić information content (AvgIpc) is 2.82. The van der Waals surface area contributed by atoms with Gasteiger partial charge in [0.25, 0.3) is 0 Å². The first-order valence-corrected chi connectivity index (χ1v) is 5.89. The summed E-state index contributed by atoms with van der Waals surface area (Å²) in [5.74, 6) is 1.45. The van der Waals surface area contributed by atoms with Gasteiger partial charge in [0.05, 0.1) is 5.01 Å². The van der Waals surface area contributed by atoms with E-state index < -0.39 is 0 Å². The van der Waals surface area contributed by atoms with Crippen LogP contribution in [0, 0.1) is 0 Å². The Morgan fingerprint density at radius 2 is 2.25 bits per heavy atom. The third-order valence-electron chi connectivity index (χ3n) is 2.01. The Bertz CT molecular complexity index is 429. The number of hydrogen-bond acceptors (Lipinski definition) is 6. The highest BCUT2D eigenvalue weighted by molar-refractivity contribution is 7.09. The molecule has 0 amide bonds. The monoisotopic (exact) mass is 235 g/mol. The Kier molecular flexibility index (Phi) is 3.66. The Hall–Kier alpha value is -1.69. The molecule has 0 unspecified atom stereocenters. The molecule has 0 aliphatic rings. The van der Waals surface area contributed by atoms with Crippen LogP contribution in [0.2, 0.25) is 0 Å². The lowest BCUT2D eigenvalue weighted by atomic mass is 10.4. The van der Waals surface area contributed by atoms with E-state index in [9.17, 15) is 0 Å². The second-order valence-corrected chi connectivity index (χ2v) is 4.10. The summed E-state index contributed by atoms with van der Waals surface area (Å²) < 4.78 is 0. The van der Waals surface area contributed by atoms with Crippen LogP contribution < -0.4 is 10.6 Å². The minimum Gasteiger partial charge on any atom is -0.369 e. The maximum atomic E-state index is 4.26. The fraction of sp³-hybridized carbons (Fsp3) is 0.300. The zero-order chi connectivity index (χ0) is 11.2. The van der Waals surface area contributed by atoms with Crippen LogP contribution >= 0.6 is 11.3 Å². The Morgan fingerprint density at radius 1 is 1.31 bits per heavy atom. The van der Waals surface area contributed by atoms with Crippen LogP contribution in [0.3, 0.4) is 0 Å². The van der Waals surface area contributed by atoms with Crippen LogP contribution in [0.25, 0.3) is 0 Å². The molecule has 0 saturated heterocycles. The van der Waals surface area contributed by atoms with E-state index in [2.05, 4.69) is 25.6 Å². The van der Waals surface area contributed by atoms with Crippen LogP contribution in [-0.2, 0) is 6.42 Å². The molecule has 2 aromatic rings. The van der Waals surface area contributed by atoms with E-state index in [1.165, 1.54) is 0 Å². The number of rotatable bonds is 5. The summed E-state index contributed by atoms with van der Waals surface area (Å²) in [7, 11) is 1.80. The molecule has 16 heavy (non-hydrogen) atoms. The van der Waals surface area contributed by atoms with Gasteiger partial charge in [0.15, 0.2) is 0 Å². The normalized spacial score (nSPS) is 10.1. The summed E-state index contributed by atoms with van der Waals surface area (Å²) in [6.45, 7) is 0.827. The van der Waals surface area contributed by atoms with Gasteiger partial charge in [-0.15, -0.1) is 11.3 Å². The van der Waals surface area contributed by atoms with E-state index in [1.807, 2.05) is 17.6 Å². The molecule has 0 saturated carbocycles. The number of hydrogen-bond donors (Lipinski definition) is 2. The smallest absolute Gasteiger partial charge is 0.224 e. The van der Waals surface area contributed by atoms with Crippen molar-refractivity contribution in [2.75, 3.05) is 24.2 Å². The van der Waals surface area contributed by atoms with Gasteiger partial charge in [0, 0.05) is 37.8 Å². The first-order valence-electron chi connectivity index (χ1n) is 5.01. The van der Waals surface area contributed by atoms with Gasteiger partial charge in [-0.2, -0.15) is 4.98 Å². The summed E-state index contributed by atoms with van der Waals surface area (Å²) >= 11 is 1.67. The van der Waals surface area contributed by atoms with Crippen molar-refractivity contribution in [1.29, 1.82) is 0 Å². The molecule has 0 bridgehead atoms. The SMILES string of the molecule is CNc1nccc(NCCc2nccs2)n1. The quantitative estimate of drug-likeness (QED) is 0.824. The highest BCUT2D eigenvalue weighted by Crippen LogP contribution is 2.07. The largest absolute Gasteiger partial charge is 0.369 e. The van der Waals surface area contributed by atoms with Crippen LogP contribution in [0.5, 0.6) is 0 Å². The van der Waals surface area contributed by atoms with E-state index in [0.717, 1.165) is 23.8 Å². The average molecular weight is 235 g/mol. The van der Waals surface area contributed by atoms with Crippen molar-refractivity contribution in [3.05, 3.63) is 28.8 Å². The van der Waals surface area contributed by atoms with E-state index in [0.29, 0.717) is 5.95 Å². The molecule has 6 heteroatoms. The van der Waals surface area contributed by atoms with Crippen molar-refractivity contribution in [3.63, 3.8) is 0 Å². The molecule has 2 rings (SSSR count). The van der Waals surface area contributed by atoms with E-state index in [4.69, 9.17) is 0 Å². The zero-order valence-electron chi connectivity index (χ0n) is 8.97. The summed E-state index contributed by atoms with van der Waals surface area (Å²) in [6.07, 6.45) is 4.46. The lowest BCUT2D eigenvalue weighted by Crippen LogP contribution is -2.07. The molecular weight excluding hydrogens is 222 g/mol. The van der Waals surface area contributed by atoms with Gasteiger partial charge >= 0.3 is 0 Å². The summed E-state index contributed by atoms with van der Waals surface area (Å²) in [5.41, 5.74) is 0. The van der Waals surface area contributed by atoms with Gasteiger partial charge < -0.3 is 10.6 Å². The van der Waals surface area contributed by atoms with Gasteiger partial charge in [0.2, 0.25) is 5.95 Å². The van der Waals surface area contributed by atoms with Crippen LogP contribution in [0.15, 0.2) is 23.8 Å². The molecule has 2 N–H and O–H groups in total. The number of nitrogens with one attached hydrogen (secondary N) is 2. The molecule has 0 fully saturated rings. The highest BCUT2D eigenvalue weighted by Gasteiger charge is 1.98. The molecule has 0 spiro atoms. The van der Waals surface area contributed by atoms with Crippen molar-refractivity contribution in [3.8, 4) is 0 Å². The number of anilines is 2. The summed E-state index contributed by atoms with van der Waals surface area (Å²) in [6, 6.07) is 1.85. The number of thiazole rings is 1. The molecule has 2 aromatic heterocycles. The Balaban J connectivity index is 1.85. The van der Waals surface area contributed by atoms with Crippen molar-refractivity contribution in [1.82, 2.24) is 15.0 Å². The fourth-order valence-corrected chi connectivity index (χ4v) is 1.87. The molecule has 0 aromatic carbocycles. The first kappa shape index (κ1) is 10.8. The molecule has 2 heterocycles. The summed E-state index contributed by atoms with van der Waals surface area (Å²) in [4.78, 5) is 12.5. The first-order chi connectivity index (χ1) is 7.88. The molecule has 5 nitrogen and oxygen atoms in total. The lowest BCUT2D eigenvalue weighted by Gasteiger charge is -2.05. The second-order valence-electron chi connectivity index (χ2n) is 3.12. The zero-order valence-corrected chi connectivity index (χ0v) is 9.79. The standard InChI is InChI=1S/C10H13N5S/c1-11-10-14-4-2-8(15-10)12-5-3-9-13-6-7-16-9/h2,4,6-7H,3,5H2,1H3,(H2,11,12,14,15). The van der Waals surface area contributed by atoms with Crippen LogP contribution in [0.4, 0.5) is 11.8 Å². The lowest BCUT2D eigenvalue weighted by molar-refractivity contribution is 0.983. The van der Waals surface area contributed by atoms with E-state index in [1.54, 1.807) is 24.6 Å². The predicted octanol–water partition coefficient (Wildman–Crippen LogP) is 1.63. The topological polar surface area (TPSA) is 62.7 Å². The molecule has 84 valence electrons.